The summed E-state index contributed by atoms with van der Waals surface area (Å²) in [7, 11) is 1.67. The Balaban J connectivity index is 2.45. The Labute approximate surface area is 95.1 Å². The number of rotatable bonds is 2. The van der Waals surface area contributed by atoms with Crippen molar-refractivity contribution in [3.63, 3.8) is 0 Å². The van der Waals surface area contributed by atoms with Crippen molar-refractivity contribution in [3.8, 4) is 17.1 Å². The molecule has 0 aliphatic carbocycles. The van der Waals surface area contributed by atoms with Gasteiger partial charge in [0.05, 0.1) is 7.11 Å². The van der Waals surface area contributed by atoms with Gasteiger partial charge in [0, 0.05) is 17.5 Å². The van der Waals surface area contributed by atoms with Crippen LogP contribution in [-0.2, 0) is 0 Å². The lowest BCUT2D eigenvalue weighted by Crippen LogP contribution is -1.92. The van der Waals surface area contributed by atoms with E-state index in [0.717, 1.165) is 28.4 Å². The van der Waals surface area contributed by atoms with Crippen LogP contribution in [-0.4, -0.2) is 17.1 Å². The zero-order valence-electron chi connectivity index (χ0n) is 9.69. The van der Waals surface area contributed by atoms with Crippen LogP contribution >= 0.6 is 0 Å². The number of benzene rings is 1. The standard InChI is InChI=1S/C13H14N2O/c1-9-8-11(4-5-12(9)16-3)13-14-7-6-10(2)15-13/h4-8H,1-3H3. The lowest BCUT2D eigenvalue weighted by Gasteiger charge is -2.06. The Morgan fingerprint density at radius 1 is 1.12 bits per heavy atom. The maximum absolute atomic E-state index is 5.22. The smallest absolute Gasteiger partial charge is 0.159 e. The van der Waals surface area contributed by atoms with Crippen LogP contribution in [0.4, 0.5) is 0 Å². The number of nitrogens with zero attached hydrogens (tertiary/aromatic N) is 2. The van der Waals surface area contributed by atoms with Gasteiger partial charge in [-0.05, 0) is 43.7 Å². The van der Waals surface area contributed by atoms with Gasteiger partial charge in [-0.3, -0.25) is 0 Å². The fraction of sp³-hybridized carbons (Fsp3) is 0.231. The third kappa shape index (κ3) is 2.03. The van der Waals surface area contributed by atoms with Gasteiger partial charge in [-0.25, -0.2) is 9.97 Å². The third-order valence-electron chi connectivity index (χ3n) is 2.45. The summed E-state index contributed by atoms with van der Waals surface area (Å²) in [6.45, 7) is 3.97. The Kier molecular flexibility index (Phi) is 2.86. The topological polar surface area (TPSA) is 35.0 Å². The highest BCUT2D eigenvalue weighted by molar-refractivity contribution is 5.58. The van der Waals surface area contributed by atoms with Crippen molar-refractivity contribution in [2.75, 3.05) is 7.11 Å². The summed E-state index contributed by atoms with van der Waals surface area (Å²) in [6.07, 6.45) is 1.78. The van der Waals surface area contributed by atoms with Crippen LogP contribution < -0.4 is 4.74 Å². The van der Waals surface area contributed by atoms with E-state index < -0.39 is 0 Å². The number of aromatic nitrogens is 2. The van der Waals surface area contributed by atoms with E-state index in [9.17, 15) is 0 Å². The minimum absolute atomic E-state index is 0.755. The zero-order valence-corrected chi connectivity index (χ0v) is 9.69. The molecule has 1 aromatic heterocycles. The molecule has 16 heavy (non-hydrogen) atoms. The SMILES string of the molecule is COc1ccc(-c2nccc(C)n2)cc1C. The van der Waals surface area contributed by atoms with E-state index in [-0.39, 0.29) is 0 Å². The maximum atomic E-state index is 5.22. The number of hydrogen-bond donors (Lipinski definition) is 0. The number of aryl methyl sites for hydroxylation is 2. The second-order valence-electron chi connectivity index (χ2n) is 3.71. The van der Waals surface area contributed by atoms with Crippen LogP contribution in [0.15, 0.2) is 30.5 Å². The normalized spacial score (nSPS) is 10.2. The van der Waals surface area contributed by atoms with Crippen molar-refractivity contribution in [2.45, 2.75) is 13.8 Å². The summed E-state index contributed by atoms with van der Waals surface area (Å²) < 4.78 is 5.22. The van der Waals surface area contributed by atoms with E-state index in [1.807, 2.05) is 38.1 Å². The molecule has 1 heterocycles. The number of methoxy groups -OCH3 is 1. The van der Waals surface area contributed by atoms with Crippen molar-refractivity contribution in [1.82, 2.24) is 9.97 Å². The van der Waals surface area contributed by atoms with Gasteiger partial charge in [-0.2, -0.15) is 0 Å². The first-order chi connectivity index (χ1) is 7.70. The minimum Gasteiger partial charge on any atom is -0.496 e. The van der Waals surface area contributed by atoms with E-state index >= 15 is 0 Å². The summed E-state index contributed by atoms with van der Waals surface area (Å²) in [5.41, 5.74) is 3.07. The predicted octanol–water partition coefficient (Wildman–Crippen LogP) is 2.77. The van der Waals surface area contributed by atoms with Gasteiger partial charge in [0.15, 0.2) is 5.82 Å². The largest absolute Gasteiger partial charge is 0.496 e. The van der Waals surface area contributed by atoms with E-state index in [1.54, 1.807) is 13.3 Å². The lowest BCUT2D eigenvalue weighted by molar-refractivity contribution is 0.412. The van der Waals surface area contributed by atoms with Gasteiger partial charge in [-0.15, -0.1) is 0 Å². The molecule has 0 saturated carbocycles. The van der Waals surface area contributed by atoms with E-state index in [0.29, 0.717) is 0 Å². The van der Waals surface area contributed by atoms with Gasteiger partial charge >= 0.3 is 0 Å². The minimum atomic E-state index is 0.755. The summed E-state index contributed by atoms with van der Waals surface area (Å²) in [5.74, 6) is 1.64. The highest BCUT2D eigenvalue weighted by Crippen LogP contribution is 2.23. The van der Waals surface area contributed by atoms with E-state index in [4.69, 9.17) is 4.74 Å². The van der Waals surface area contributed by atoms with E-state index in [2.05, 4.69) is 9.97 Å². The highest BCUT2D eigenvalue weighted by Gasteiger charge is 2.04. The molecule has 0 fully saturated rings. The first-order valence-electron chi connectivity index (χ1n) is 5.15. The fourth-order valence-corrected chi connectivity index (χ4v) is 1.61. The second-order valence-corrected chi connectivity index (χ2v) is 3.71. The molecule has 82 valence electrons. The first-order valence-corrected chi connectivity index (χ1v) is 5.15. The Morgan fingerprint density at radius 2 is 1.94 bits per heavy atom. The first kappa shape index (κ1) is 10.6. The van der Waals surface area contributed by atoms with Gasteiger partial charge in [-0.1, -0.05) is 0 Å². The molecule has 0 spiro atoms. The molecule has 0 atom stereocenters. The average molecular weight is 214 g/mol. The molecule has 3 heteroatoms. The summed E-state index contributed by atoms with van der Waals surface area (Å²) in [5, 5.41) is 0. The van der Waals surface area contributed by atoms with Crippen LogP contribution in [0.2, 0.25) is 0 Å². The van der Waals surface area contributed by atoms with E-state index in [1.165, 1.54) is 0 Å². The van der Waals surface area contributed by atoms with Crippen LogP contribution in [0.5, 0.6) is 5.75 Å². The van der Waals surface area contributed by atoms with Gasteiger partial charge in [0.1, 0.15) is 5.75 Å². The molecule has 0 aliphatic rings. The van der Waals surface area contributed by atoms with Crippen LogP contribution in [0.3, 0.4) is 0 Å². The molecule has 2 aromatic rings. The van der Waals surface area contributed by atoms with Crippen molar-refractivity contribution in [1.29, 1.82) is 0 Å². The predicted molar refractivity (Wildman–Crippen MR) is 63.5 cm³/mol. The van der Waals surface area contributed by atoms with Crippen molar-refractivity contribution in [2.24, 2.45) is 0 Å². The monoisotopic (exact) mass is 214 g/mol. The molecule has 0 N–H and O–H groups in total. The Bertz CT molecular complexity index is 509. The number of ether oxygens (including phenoxy) is 1. The third-order valence-corrected chi connectivity index (χ3v) is 2.45. The van der Waals surface area contributed by atoms with Crippen molar-refractivity contribution in [3.05, 3.63) is 41.7 Å². The molecular formula is C13H14N2O. The number of hydrogen-bond acceptors (Lipinski definition) is 3. The molecule has 2 rings (SSSR count). The van der Waals surface area contributed by atoms with Crippen LogP contribution in [0, 0.1) is 13.8 Å². The molecule has 3 nitrogen and oxygen atoms in total. The van der Waals surface area contributed by atoms with Gasteiger partial charge in [0.2, 0.25) is 0 Å². The average Bonchev–Trinajstić information content (AvgIpc) is 2.29. The Hall–Kier alpha value is -1.90. The summed E-state index contributed by atoms with van der Waals surface area (Å²) >= 11 is 0. The molecule has 0 unspecified atom stereocenters. The summed E-state index contributed by atoms with van der Waals surface area (Å²) in [4.78, 5) is 8.64. The molecule has 0 amide bonds. The van der Waals surface area contributed by atoms with Gasteiger partial charge in [0.25, 0.3) is 0 Å². The van der Waals surface area contributed by atoms with Crippen molar-refractivity contribution < 1.29 is 4.74 Å². The molecular weight excluding hydrogens is 200 g/mol. The van der Waals surface area contributed by atoms with Crippen molar-refractivity contribution >= 4 is 0 Å². The van der Waals surface area contributed by atoms with Gasteiger partial charge < -0.3 is 4.74 Å². The molecule has 0 radical (unpaired) electrons. The summed E-state index contributed by atoms with van der Waals surface area (Å²) in [6, 6.07) is 7.84. The van der Waals surface area contributed by atoms with Crippen LogP contribution in [0.1, 0.15) is 11.3 Å². The van der Waals surface area contributed by atoms with Crippen LogP contribution in [0.25, 0.3) is 11.4 Å². The highest BCUT2D eigenvalue weighted by atomic mass is 16.5. The zero-order chi connectivity index (χ0) is 11.5. The molecule has 0 aliphatic heterocycles. The molecule has 0 bridgehead atoms. The maximum Gasteiger partial charge on any atom is 0.159 e. The Morgan fingerprint density at radius 3 is 2.56 bits per heavy atom. The molecule has 0 saturated heterocycles. The quantitative estimate of drug-likeness (QED) is 0.771. The second kappa shape index (κ2) is 4.31. The molecule has 1 aromatic carbocycles. The lowest BCUT2D eigenvalue weighted by atomic mass is 10.1. The fourth-order valence-electron chi connectivity index (χ4n) is 1.61.